The van der Waals surface area contributed by atoms with Crippen molar-refractivity contribution in [1.29, 1.82) is 0 Å². The van der Waals surface area contributed by atoms with Gasteiger partial charge in [-0.1, -0.05) is 0 Å². The molecule has 1 N–H and O–H groups in total. The molecule has 0 unspecified atom stereocenters. The molecule has 3 atom stereocenters. The first-order chi connectivity index (χ1) is 10.7. The highest BCUT2D eigenvalue weighted by atomic mass is 16.2. The van der Waals surface area contributed by atoms with E-state index in [-0.39, 0.29) is 23.8 Å². The normalized spacial score (nSPS) is 29.6. The van der Waals surface area contributed by atoms with Crippen molar-refractivity contribution in [3.63, 3.8) is 0 Å². The van der Waals surface area contributed by atoms with Crippen LogP contribution in [0.3, 0.4) is 0 Å². The first kappa shape index (κ1) is 13.7. The second kappa shape index (κ2) is 5.38. The van der Waals surface area contributed by atoms with Crippen LogP contribution in [0.2, 0.25) is 0 Å². The molecule has 0 aromatic carbocycles. The van der Waals surface area contributed by atoms with Crippen molar-refractivity contribution in [3.8, 4) is 0 Å². The van der Waals surface area contributed by atoms with Gasteiger partial charge in [-0.3, -0.25) is 14.6 Å². The lowest BCUT2D eigenvalue weighted by molar-refractivity contribution is -0.143. The minimum absolute atomic E-state index is 0.0120. The van der Waals surface area contributed by atoms with Gasteiger partial charge in [-0.05, 0) is 55.7 Å². The fraction of sp³-hybridized carbons (Fsp3) is 0.588. The van der Waals surface area contributed by atoms with Gasteiger partial charge in [0.1, 0.15) is 6.04 Å². The maximum Gasteiger partial charge on any atom is 0.243 e. The number of amides is 2. The number of carbonyl (C=O) groups excluding carboxylic acids is 2. The SMILES string of the molecule is O=C(NCc1ccncc1)[C@H]1[C@H]2CC[C@@H](C2)N1C(=O)C1CC1. The number of likely N-dealkylation sites (tertiary alicyclic amines) is 1. The third-order valence-corrected chi connectivity index (χ3v) is 5.25. The number of nitrogens with one attached hydrogen (secondary N) is 1. The molecule has 0 radical (unpaired) electrons. The Balaban J connectivity index is 1.45. The number of nitrogens with zero attached hydrogens (tertiary/aromatic N) is 2. The first-order valence-electron chi connectivity index (χ1n) is 8.23. The number of carbonyl (C=O) groups is 2. The molecule has 2 aliphatic carbocycles. The zero-order chi connectivity index (χ0) is 15.1. The van der Waals surface area contributed by atoms with Crippen LogP contribution in [0, 0.1) is 11.8 Å². The average molecular weight is 299 g/mol. The predicted octanol–water partition coefficient (Wildman–Crippen LogP) is 1.49. The average Bonchev–Trinajstić information content (AvgIpc) is 3.21. The molecule has 3 aliphatic rings. The van der Waals surface area contributed by atoms with Gasteiger partial charge in [-0.2, -0.15) is 0 Å². The van der Waals surface area contributed by atoms with Gasteiger partial charge in [0.2, 0.25) is 11.8 Å². The van der Waals surface area contributed by atoms with Crippen LogP contribution in [0.25, 0.3) is 0 Å². The Hall–Kier alpha value is -1.91. The van der Waals surface area contributed by atoms with Crippen LogP contribution in [-0.2, 0) is 16.1 Å². The Labute approximate surface area is 130 Å². The molecule has 116 valence electrons. The zero-order valence-corrected chi connectivity index (χ0v) is 12.6. The number of hydrogen-bond donors (Lipinski definition) is 1. The Morgan fingerprint density at radius 1 is 1.18 bits per heavy atom. The Morgan fingerprint density at radius 3 is 2.68 bits per heavy atom. The maximum absolute atomic E-state index is 12.6. The molecule has 2 heterocycles. The summed E-state index contributed by atoms with van der Waals surface area (Å²) in [6.07, 6.45) is 8.59. The van der Waals surface area contributed by atoms with Crippen molar-refractivity contribution in [2.24, 2.45) is 11.8 Å². The van der Waals surface area contributed by atoms with E-state index in [1.807, 2.05) is 17.0 Å². The molecule has 1 aromatic heterocycles. The van der Waals surface area contributed by atoms with E-state index < -0.39 is 0 Å². The summed E-state index contributed by atoms with van der Waals surface area (Å²) in [4.78, 5) is 31.1. The number of pyridine rings is 1. The van der Waals surface area contributed by atoms with Crippen LogP contribution in [0.15, 0.2) is 24.5 Å². The topological polar surface area (TPSA) is 62.3 Å². The van der Waals surface area contributed by atoms with Gasteiger partial charge in [0.15, 0.2) is 0 Å². The van der Waals surface area contributed by atoms with Crippen molar-refractivity contribution in [3.05, 3.63) is 30.1 Å². The molecule has 2 amide bonds. The molecular formula is C17H21N3O2. The second-order valence-corrected chi connectivity index (χ2v) is 6.76. The van der Waals surface area contributed by atoms with Crippen LogP contribution in [0.4, 0.5) is 0 Å². The molecule has 5 nitrogen and oxygen atoms in total. The molecular weight excluding hydrogens is 278 g/mol. The Bertz CT molecular complexity index is 585. The van der Waals surface area contributed by atoms with Crippen molar-refractivity contribution >= 4 is 11.8 Å². The van der Waals surface area contributed by atoms with Gasteiger partial charge < -0.3 is 10.2 Å². The van der Waals surface area contributed by atoms with Crippen molar-refractivity contribution in [1.82, 2.24) is 15.2 Å². The number of piperidine rings is 1. The highest BCUT2D eigenvalue weighted by Crippen LogP contribution is 2.45. The summed E-state index contributed by atoms with van der Waals surface area (Å²) in [5.74, 6) is 0.772. The largest absolute Gasteiger partial charge is 0.350 e. The maximum atomic E-state index is 12.6. The lowest BCUT2D eigenvalue weighted by Crippen LogP contribution is -2.53. The molecule has 2 saturated carbocycles. The summed E-state index contributed by atoms with van der Waals surface area (Å²) in [6.45, 7) is 0.501. The number of fused-ring (bicyclic) bond motifs is 2. The zero-order valence-electron chi connectivity index (χ0n) is 12.6. The molecule has 1 aromatic rings. The minimum atomic E-state index is -0.242. The van der Waals surface area contributed by atoms with Crippen LogP contribution >= 0.6 is 0 Å². The van der Waals surface area contributed by atoms with E-state index in [0.29, 0.717) is 18.5 Å². The number of rotatable bonds is 4. The highest BCUT2D eigenvalue weighted by molar-refractivity contribution is 5.90. The van der Waals surface area contributed by atoms with Crippen LogP contribution < -0.4 is 5.32 Å². The van der Waals surface area contributed by atoms with Gasteiger partial charge in [0, 0.05) is 30.9 Å². The van der Waals surface area contributed by atoms with E-state index in [0.717, 1.165) is 37.7 Å². The molecule has 2 bridgehead atoms. The van der Waals surface area contributed by atoms with Crippen molar-refractivity contribution < 1.29 is 9.59 Å². The summed E-state index contributed by atoms with van der Waals surface area (Å²) < 4.78 is 0. The number of aromatic nitrogens is 1. The fourth-order valence-corrected chi connectivity index (χ4v) is 3.98. The highest BCUT2D eigenvalue weighted by Gasteiger charge is 2.53. The molecule has 5 heteroatoms. The molecule has 1 saturated heterocycles. The summed E-state index contributed by atoms with van der Waals surface area (Å²) in [5, 5.41) is 3.01. The fourth-order valence-electron chi connectivity index (χ4n) is 3.98. The van der Waals surface area contributed by atoms with Crippen molar-refractivity contribution in [2.45, 2.75) is 50.7 Å². The molecule has 3 fully saturated rings. The third kappa shape index (κ3) is 2.38. The quantitative estimate of drug-likeness (QED) is 0.916. The summed E-state index contributed by atoms with van der Waals surface area (Å²) in [7, 11) is 0. The molecule has 1 aliphatic heterocycles. The molecule has 0 spiro atoms. The summed E-state index contributed by atoms with van der Waals surface area (Å²) in [6, 6.07) is 3.85. The van der Waals surface area contributed by atoms with Crippen LogP contribution in [-0.4, -0.2) is 33.8 Å². The van der Waals surface area contributed by atoms with Gasteiger partial charge >= 0.3 is 0 Å². The Kier molecular flexibility index (Phi) is 3.36. The second-order valence-electron chi connectivity index (χ2n) is 6.76. The van der Waals surface area contributed by atoms with E-state index in [1.165, 1.54) is 0 Å². The van der Waals surface area contributed by atoms with Gasteiger partial charge in [0.25, 0.3) is 0 Å². The lowest BCUT2D eigenvalue weighted by atomic mass is 9.97. The van der Waals surface area contributed by atoms with Gasteiger partial charge in [-0.15, -0.1) is 0 Å². The van der Waals surface area contributed by atoms with E-state index in [1.54, 1.807) is 12.4 Å². The van der Waals surface area contributed by atoms with E-state index in [9.17, 15) is 9.59 Å². The smallest absolute Gasteiger partial charge is 0.243 e. The molecule has 4 rings (SSSR count). The van der Waals surface area contributed by atoms with E-state index >= 15 is 0 Å². The minimum Gasteiger partial charge on any atom is -0.350 e. The Morgan fingerprint density at radius 2 is 1.95 bits per heavy atom. The first-order valence-corrected chi connectivity index (χ1v) is 8.23. The lowest BCUT2D eigenvalue weighted by Gasteiger charge is -2.34. The number of hydrogen-bond acceptors (Lipinski definition) is 3. The van der Waals surface area contributed by atoms with Crippen LogP contribution in [0.5, 0.6) is 0 Å². The van der Waals surface area contributed by atoms with Gasteiger partial charge in [0.05, 0.1) is 0 Å². The van der Waals surface area contributed by atoms with Crippen molar-refractivity contribution in [2.75, 3.05) is 0 Å². The third-order valence-electron chi connectivity index (χ3n) is 5.25. The summed E-state index contributed by atoms with van der Waals surface area (Å²) >= 11 is 0. The molecule has 22 heavy (non-hydrogen) atoms. The van der Waals surface area contributed by atoms with Gasteiger partial charge in [-0.25, -0.2) is 0 Å². The summed E-state index contributed by atoms with van der Waals surface area (Å²) in [5.41, 5.74) is 1.03. The standard InChI is InChI=1S/C17H21N3O2/c21-16(19-10-11-5-7-18-8-6-11)15-13-3-4-14(9-13)20(15)17(22)12-1-2-12/h5-8,12-15H,1-4,9-10H2,(H,19,21)/t13-,14-,15+/m0/s1. The van der Waals surface area contributed by atoms with E-state index in [2.05, 4.69) is 10.3 Å². The monoisotopic (exact) mass is 299 g/mol. The van der Waals surface area contributed by atoms with Crippen LogP contribution in [0.1, 0.15) is 37.7 Å². The predicted molar refractivity (Wildman–Crippen MR) is 80.6 cm³/mol. The van der Waals surface area contributed by atoms with E-state index in [4.69, 9.17) is 0 Å².